The van der Waals surface area contributed by atoms with E-state index in [1.54, 1.807) is 30.9 Å². The van der Waals surface area contributed by atoms with Gasteiger partial charge in [0.15, 0.2) is 17.9 Å². The molecule has 6 heterocycles. The molecule has 16 heteroatoms. The summed E-state index contributed by atoms with van der Waals surface area (Å²) < 4.78 is 34.3. The predicted octanol–water partition coefficient (Wildman–Crippen LogP) is 3.40. The van der Waals surface area contributed by atoms with Crippen LogP contribution in [0.2, 0.25) is 0 Å². The first-order chi connectivity index (χ1) is 27.4. The van der Waals surface area contributed by atoms with Crippen LogP contribution in [0.1, 0.15) is 80.2 Å². The molecule has 13 atom stereocenters. The van der Waals surface area contributed by atoms with Crippen molar-refractivity contribution in [1.82, 2.24) is 24.6 Å². The van der Waals surface area contributed by atoms with Gasteiger partial charge in [-0.3, -0.25) is 9.59 Å². The van der Waals surface area contributed by atoms with Crippen molar-refractivity contribution in [2.45, 2.75) is 141 Å². The van der Waals surface area contributed by atoms with Gasteiger partial charge < -0.3 is 48.5 Å². The number of carbonyl (C=O) groups excluding carboxylic acids is 2. The minimum atomic E-state index is -1.67. The van der Waals surface area contributed by atoms with Crippen molar-refractivity contribution in [2.24, 2.45) is 22.9 Å². The van der Waals surface area contributed by atoms with Crippen molar-refractivity contribution in [3.8, 4) is 5.82 Å². The number of carbonyl (C=O) groups is 2. The number of hydrogen-bond donors (Lipinski definition) is 2. The summed E-state index contributed by atoms with van der Waals surface area (Å²) in [5.74, 6) is -2.95. The van der Waals surface area contributed by atoms with Crippen LogP contribution in [0.4, 0.5) is 0 Å². The topological polar surface area (TPSA) is 180 Å². The Morgan fingerprint density at radius 2 is 1.84 bits per heavy atom. The van der Waals surface area contributed by atoms with E-state index in [0.717, 1.165) is 5.56 Å². The molecule has 0 aromatic carbocycles. The Balaban J connectivity index is 1.58. The molecule has 0 saturated carbocycles. The van der Waals surface area contributed by atoms with Crippen molar-refractivity contribution >= 4 is 17.5 Å². The van der Waals surface area contributed by atoms with Crippen LogP contribution in [-0.2, 0) is 44.7 Å². The van der Waals surface area contributed by atoms with Crippen LogP contribution in [0.15, 0.2) is 41.9 Å². The van der Waals surface area contributed by atoms with E-state index in [1.165, 1.54) is 6.92 Å². The Labute approximate surface area is 343 Å². The maximum absolute atomic E-state index is 14.5. The lowest BCUT2D eigenvalue weighted by Crippen LogP contribution is -2.60. The molecule has 0 unspecified atom stereocenters. The van der Waals surface area contributed by atoms with E-state index in [4.69, 9.17) is 28.5 Å². The van der Waals surface area contributed by atoms with E-state index in [1.807, 2.05) is 78.1 Å². The molecule has 2 bridgehead atoms. The maximum Gasteiger partial charge on any atom is 0.316 e. The first-order valence-corrected chi connectivity index (χ1v) is 20.6. The highest BCUT2D eigenvalue weighted by molar-refractivity contribution is 6.00. The van der Waals surface area contributed by atoms with Gasteiger partial charge in [0.05, 0.1) is 37.1 Å². The molecule has 0 radical (unpaired) electrons. The first-order valence-electron chi connectivity index (χ1n) is 20.6. The molecule has 4 aliphatic heterocycles. The zero-order valence-electron chi connectivity index (χ0n) is 36.1. The fraction of sp³-hybridized carbons (Fsp3) is 0.738. The summed E-state index contributed by atoms with van der Waals surface area (Å²) >= 11 is 0. The second-order valence-corrected chi connectivity index (χ2v) is 17.3. The van der Waals surface area contributed by atoms with Crippen molar-refractivity contribution in [3.05, 3.63) is 42.4 Å². The summed E-state index contributed by atoms with van der Waals surface area (Å²) in [5, 5.41) is 32.7. The zero-order valence-corrected chi connectivity index (χ0v) is 36.1. The van der Waals surface area contributed by atoms with Gasteiger partial charge in [-0.15, -0.1) is 0 Å². The number of oxime groups is 1. The largest absolute Gasteiger partial charge is 0.459 e. The molecule has 324 valence electrons. The first kappa shape index (κ1) is 45.7. The molecule has 6 rings (SSSR count). The minimum absolute atomic E-state index is 0.0930. The average Bonchev–Trinajstić information content (AvgIpc) is 3.72. The lowest BCUT2D eigenvalue weighted by atomic mass is 9.79. The smallest absolute Gasteiger partial charge is 0.316 e. The number of nitrogens with zero attached hydrogens (tertiary/aromatic N) is 6. The fourth-order valence-corrected chi connectivity index (χ4v) is 8.70. The summed E-state index contributed by atoms with van der Waals surface area (Å²) in [7, 11) is 5.78. The molecule has 0 amide bonds. The third-order valence-corrected chi connectivity index (χ3v) is 12.2. The number of rotatable bonds is 8. The molecule has 4 fully saturated rings. The standard InChI is InChI=1S/C42H66N6O10/c1-12-33-42(8,52)37-25(2)21-47(11)26(3)19-41(7,54-24-31(23-53-37)45-55-22-30-14-15-34(43-20-30)48-17-13-16-44-48)38(28(5)35(49)29(6)39(51)57-33)58-40-36(50)32(46(9)10)18-27(4)56-40/h13-17,20,25-29,32-33,36-38,40,50,52H,12,18-19,21-24H2,1-11H3/b45-31+/t25-,26+,27+,28-,29+,32-,33+,36+,37-,38+,40-,41+,42+/m0/s1. The molecule has 0 aliphatic carbocycles. The van der Waals surface area contributed by atoms with Crippen LogP contribution in [0.25, 0.3) is 5.82 Å². The SMILES string of the molecule is CC[C@H]1OC(=O)[C@H](C)C(=O)[C@H](C)[C@@H](O[C@@H]2O[C@H](C)C[C@H](N(C)C)[C@H]2O)[C@@]2(C)C[C@@H](C)N(C)C[C@H](C)[C@H](OC/C(=N\OCc3ccc(-n4cccn4)nc3)CO2)[C@]1(C)O. The third kappa shape index (κ3) is 10.5. The van der Waals surface area contributed by atoms with Crippen LogP contribution in [0, 0.1) is 17.8 Å². The van der Waals surface area contributed by atoms with Gasteiger partial charge in [0.2, 0.25) is 0 Å². The molecule has 2 aromatic rings. The quantitative estimate of drug-likeness (QED) is 0.225. The lowest BCUT2D eigenvalue weighted by molar-refractivity contribution is -0.296. The number of ether oxygens (including phenoxy) is 5. The second kappa shape index (κ2) is 19.4. The lowest BCUT2D eigenvalue weighted by Gasteiger charge is -2.48. The molecule has 4 aliphatic rings. The summed E-state index contributed by atoms with van der Waals surface area (Å²) in [6.45, 7) is 14.9. The van der Waals surface area contributed by atoms with E-state index in [0.29, 0.717) is 30.9 Å². The summed E-state index contributed by atoms with van der Waals surface area (Å²) in [5.41, 5.74) is -1.75. The summed E-state index contributed by atoms with van der Waals surface area (Å²) in [4.78, 5) is 42.8. The van der Waals surface area contributed by atoms with Gasteiger partial charge in [-0.05, 0) is 93.1 Å². The van der Waals surface area contributed by atoms with Gasteiger partial charge in [0, 0.05) is 48.7 Å². The number of aliphatic hydroxyl groups is 2. The molecule has 58 heavy (non-hydrogen) atoms. The van der Waals surface area contributed by atoms with E-state index in [9.17, 15) is 19.8 Å². The highest BCUT2D eigenvalue weighted by atomic mass is 16.7. The number of esters is 1. The monoisotopic (exact) mass is 814 g/mol. The van der Waals surface area contributed by atoms with E-state index in [2.05, 4.69) is 27.1 Å². The zero-order chi connectivity index (χ0) is 42.5. The van der Waals surface area contributed by atoms with Crippen molar-refractivity contribution in [3.63, 3.8) is 0 Å². The van der Waals surface area contributed by atoms with Gasteiger partial charge >= 0.3 is 5.97 Å². The van der Waals surface area contributed by atoms with Gasteiger partial charge in [-0.1, -0.05) is 32.0 Å². The van der Waals surface area contributed by atoms with Gasteiger partial charge in [0.25, 0.3) is 0 Å². The Morgan fingerprint density at radius 3 is 2.48 bits per heavy atom. The van der Waals surface area contributed by atoms with E-state index >= 15 is 0 Å². The van der Waals surface area contributed by atoms with Crippen LogP contribution in [0.5, 0.6) is 0 Å². The number of hydrogen-bond acceptors (Lipinski definition) is 15. The molecular weight excluding hydrogens is 748 g/mol. The van der Waals surface area contributed by atoms with Gasteiger partial charge in [0.1, 0.15) is 36.0 Å². The highest BCUT2D eigenvalue weighted by Crippen LogP contribution is 2.38. The predicted molar refractivity (Wildman–Crippen MR) is 215 cm³/mol. The normalized spacial score (nSPS) is 38.4. The van der Waals surface area contributed by atoms with Crippen LogP contribution >= 0.6 is 0 Å². The fourth-order valence-electron chi connectivity index (χ4n) is 8.70. The van der Waals surface area contributed by atoms with Crippen molar-refractivity contribution in [2.75, 3.05) is 40.9 Å². The number of pyridine rings is 1. The Hall–Kier alpha value is -3.35. The molecule has 4 saturated heterocycles. The van der Waals surface area contributed by atoms with Crippen LogP contribution in [-0.4, -0.2) is 153 Å². The second-order valence-electron chi connectivity index (χ2n) is 17.3. The molecular formula is C42H66N6O10. The molecule has 0 spiro atoms. The number of ketones is 1. The average molecular weight is 815 g/mol. The summed E-state index contributed by atoms with van der Waals surface area (Å²) in [6, 6.07) is 5.11. The van der Waals surface area contributed by atoms with E-state index in [-0.39, 0.29) is 50.3 Å². The van der Waals surface area contributed by atoms with Crippen LogP contribution < -0.4 is 0 Å². The highest BCUT2D eigenvalue weighted by Gasteiger charge is 2.51. The van der Waals surface area contributed by atoms with Crippen molar-refractivity contribution in [1.29, 1.82) is 0 Å². The van der Waals surface area contributed by atoms with Gasteiger partial charge in [-0.2, -0.15) is 5.10 Å². The molecule has 2 aromatic heterocycles. The van der Waals surface area contributed by atoms with E-state index < -0.39 is 65.5 Å². The number of fused-ring (bicyclic) bond motifs is 15. The number of Topliss-reactive ketones (excluding diaryl/α,β-unsaturated/α-hetero) is 1. The third-order valence-electron chi connectivity index (χ3n) is 12.2. The van der Waals surface area contributed by atoms with Crippen molar-refractivity contribution < 1.29 is 48.3 Å². The summed E-state index contributed by atoms with van der Waals surface area (Å²) in [6.07, 6.45) is 1.12. The van der Waals surface area contributed by atoms with Crippen LogP contribution in [0.3, 0.4) is 0 Å². The maximum atomic E-state index is 14.5. The minimum Gasteiger partial charge on any atom is -0.459 e. The Bertz CT molecular complexity index is 1670. The number of aromatic nitrogens is 3. The Kier molecular flexibility index (Phi) is 15.3. The number of likely N-dealkylation sites (N-methyl/N-ethyl adjacent to an activating group) is 1. The molecule has 2 N–H and O–H groups in total. The van der Waals surface area contributed by atoms with Gasteiger partial charge in [-0.25, -0.2) is 9.67 Å². The number of aliphatic hydroxyl groups excluding tert-OH is 1. The Morgan fingerprint density at radius 1 is 1.10 bits per heavy atom. The molecule has 16 nitrogen and oxygen atoms in total.